The van der Waals surface area contributed by atoms with Crippen molar-refractivity contribution in [1.29, 1.82) is 0 Å². The third-order valence-electron chi connectivity index (χ3n) is 2.29. The molecule has 0 radical (unpaired) electrons. The first-order chi connectivity index (χ1) is 8.65. The summed E-state index contributed by atoms with van der Waals surface area (Å²) in [6.07, 6.45) is 0.482. The first-order valence-corrected chi connectivity index (χ1v) is 5.90. The third kappa shape index (κ3) is 3.40. The molecule has 0 aliphatic carbocycles. The van der Waals surface area contributed by atoms with E-state index < -0.39 is 0 Å². The standard InChI is InChI=1S/C13H12ClFN2O/c1-9-8-12(14)17-13(16-9)6-7-18-11-5-3-2-4-10(11)15/h2-5,8H,6-7H2,1H3. The number of benzene rings is 1. The van der Waals surface area contributed by atoms with Crippen LogP contribution in [0.4, 0.5) is 4.39 Å². The smallest absolute Gasteiger partial charge is 0.165 e. The van der Waals surface area contributed by atoms with Gasteiger partial charge in [0.1, 0.15) is 11.0 Å². The Bertz CT molecular complexity index is 528. The van der Waals surface area contributed by atoms with Gasteiger partial charge in [0.15, 0.2) is 11.6 Å². The number of rotatable bonds is 4. The molecular weight excluding hydrogens is 255 g/mol. The summed E-state index contributed by atoms with van der Waals surface area (Å²) in [4.78, 5) is 8.29. The van der Waals surface area contributed by atoms with Crippen LogP contribution in [0, 0.1) is 12.7 Å². The van der Waals surface area contributed by atoms with E-state index in [1.807, 2.05) is 6.92 Å². The number of nitrogens with zero attached hydrogens (tertiary/aromatic N) is 2. The van der Waals surface area contributed by atoms with Crippen LogP contribution in [-0.2, 0) is 6.42 Å². The predicted octanol–water partition coefficient (Wildman–Crippen LogP) is 3.20. The third-order valence-corrected chi connectivity index (χ3v) is 2.48. The van der Waals surface area contributed by atoms with Crippen LogP contribution in [0.2, 0.25) is 5.15 Å². The van der Waals surface area contributed by atoms with Crippen molar-refractivity contribution in [3.63, 3.8) is 0 Å². The molecule has 2 rings (SSSR count). The number of aromatic nitrogens is 2. The van der Waals surface area contributed by atoms with E-state index in [9.17, 15) is 4.39 Å². The highest BCUT2D eigenvalue weighted by Gasteiger charge is 2.04. The highest BCUT2D eigenvalue weighted by molar-refractivity contribution is 6.29. The van der Waals surface area contributed by atoms with E-state index in [1.54, 1.807) is 24.3 Å². The van der Waals surface area contributed by atoms with Crippen LogP contribution < -0.4 is 4.74 Å². The maximum Gasteiger partial charge on any atom is 0.165 e. The number of hydrogen-bond donors (Lipinski definition) is 0. The van der Waals surface area contributed by atoms with Gasteiger partial charge in [-0.15, -0.1) is 0 Å². The largest absolute Gasteiger partial charge is 0.490 e. The zero-order chi connectivity index (χ0) is 13.0. The van der Waals surface area contributed by atoms with Gasteiger partial charge in [0, 0.05) is 12.1 Å². The van der Waals surface area contributed by atoms with Crippen LogP contribution in [0.25, 0.3) is 0 Å². The topological polar surface area (TPSA) is 35.0 Å². The maximum atomic E-state index is 13.3. The lowest BCUT2D eigenvalue weighted by Gasteiger charge is -2.06. The van der Waals surface area contributed by atoms with Crippen molar-refractivity contribution in [3.05, 3.63) is 52.8 Å². The van der Waals surface area contributed by atoms with Gasteiger partial charge in [0.25, 0.3) is 0 Å². The zero-order valence-electron chi connectivity index (χ0n) is 9.86. The molecule has 0 spiro atoms. The van der Waals surface area contributed by atoms with Gasteiger partial charge in [-0.3, -0.25) is 0 Å². The van der Waals surface area contributed by atoms with E-state index in [-0.39, 0.29) is 11.6 Å². The molecule has 0 amide bonds. The summed E-state index contributed by atoms with van der Waals surface area (Å²) < 4.78 is 18.6. The summed E-state index contributed by atoms with van der Waals surface area (Å²) >= 11 is 5.82. The van der Waals surface area contributed by atoms with Gasteiger partial charge in [0.05, 0.1) is 6.61 Å². The van der Waals surface area contributed by atoms with E-state index in [1.165, 1.54) is 6.07 Å². The molecule has 94 valence electrons. The summed E-state index contributed by atoms with van der Waals surface area (Å²) in [5.74, 6) is 0.452. The minimum Gasteiger partial charge on any atom is -0.490 e. The van der Waals surface area contributed by atoms with Crippen LogP contribution in [0.1, 0.15) is 11.5 Å². The van der Waals surface area contributed by atoms with Gasteiger partial charge >= 0.3 is 0 Å². The van der Waals surface area contributed by atoms with Gasteiger partial charge in [-0.25, -0.2) is 14.4 Å². The quantitative estimate of drug-likeness (QED) is 0.797. The number of aryl methyl sites for hydroxylation is 1. The molecule has 0 unspecified atom stereocenters. The Morgan fingerprint density at radius 2 is 2.06 bits per heavy atom. The molecule has 0 fully saturated rings. The summed E-state index contributed by atoms with van der Waals surface area (Å²) in [5, 5.41) is 0.406. The summed E-state index contributed by atoms with van der Waals surface area (Å²) in [5.41, 5.74) is 0.802. The van der Waals surface area contributed by atoms with Gasteiger partial charge in [-0.1, -0.05) is 23.7 Å². The van der Waals surface area contributed by atoms with Crippen LogP contribution in [0.5, 0.6) is 5.75 Å². The van der Waals surface area contributed by atoms with Crippen molar-refractivity contribution >= 4 is 11.6 Å². The summed E-state index contributed by atoms with van der Waals surface area (Å²) in [7, 11) is 0. The zero-order valence-corrected chi connectivity index (χ0v) is 10.6. The molecule has 2 aromatic rings. The molecular formula is C13H12ClFN2O. The lowest BCUT2D eigenvalue weighted by Crippen LogP contribution is -2.06. The molecule has 1 aromatic heterocycles. The maximum absolute atomic E-state index is 13.3. The highest BCUT2D eigenvalue weighted by atomic mass is 35.5. The van der Waals surface area contributed by atoms with Crippen molar-refractivity contribution in [3.8, 4) is 5.75 Å². The second-order valence-corrected chi connectivity index (χ2v) is 4.16. The molecule has 1 aromatic carbocycles. The highest BCUT2D eigenvalue weighted by Crippen LogP contribution is 2.15. The molecule has 0 aliphatic rings. The predicted molar refractivity (Wildman–Crippen MR) is 67.4 cm³/mol. The molecule has 0 bridgehead atoms. The lowest BCUT2D eigenvalue weighted by atomic mass is 10.3. The first-order valence-electron chi connectivity index (χ1n) is 5.52. The SMILES string of the molecule is Cc1cc(Cl)nc(CCOc2ccccc2F)n1. The molecule has 0 aliphatic heterocycles. The number of ether oxygens (including phenoxy) is 1. The van der Waals surface area contributed by atoms with Crippen molar-refractivity contribution in [2.75, 3.05) is 6.61 Å². The van der Waals surface area contributed by atoms with E-state index in [2.05, 4.69) is 9.97 Å². The summed E-state index contributed by atoms with van der Waals surface area (Å²) in [6, 6.07) is 7.96. The molecule has 5 heteroatoms. The Balaban J connectivity index is 1.94. The van der Waals surface area contributed by atoms with Crippen molar-refractivity contribution in [1.82, 2.24) is 9.97 Å². The van der Waals surface area contributed by atoms with Gasteiger partial charge in [-0.2, -0.15) is 0 Å². The van der Waals surface area contributed by atoms with Crippen molar-refractivity contribution in [2.24, 2.45) is 0 Å². The molecule has 18 heavy (non-hydrogen) atoms. The molecule has 0 saturated carbocycles. The number of hydrogen-bond acceptors (Lipinski definition) is 3. The van der Waals surface area contributed by atoms with Crippen LogP contribution in [-0.4, -0.2) is 16.6 Å². The summed E-state index contributed by atoms with van der Waals surface area (Å²) in [6.45, 7) is 2.15. The number of halogens is 2. The molecule has 0 saturated heterocycles. The van der Waals surface area contributed by atoms with E-state index in [4.69, 9.17) is 16.3 Å². The lowest BCUT2D eigenvalue weighted by molar-refractivity contribution is 0.302. The average molecular weight is 267 g/mol. The van der Waals surface area contributed by atoms with Crippen LogP contribution in [0.3, 0.4) is 0 Å². The Morgan fingerprint density at radius 1 is 1.28 bits per heavy atom. The van der Waals surface area contributed by atoms with E-state index in [0.29, 0.717) is 24.0 Å². The first kappa shape index (κ1) is 12.8. The normalized spacial score (nSPS) is 10.4. The molecule has 0 N–H and O–H groups in total. The molecule has 0 atom stereocenters. The second kappa shape index (κ2) is 5.78. The average Bonchev–Trinajstić information content (AvgIpc) is 2.30. The van der Waals surface area contributed by atoms with E-state index >= 15 is 0 Å². The van der Waals surface area contributed by atoms with E-state index in [0.717, 1.165) is 5.69 Å². The minimum absolute atomic E-state index is 0.233. The number of para-hydroxylation sites is 1. The van der Waals surface area contributed by atoms with Crippen molar-refractivity contribution < 1.29 is 9.13 Å². The Labute approximate surface area is 110 Å². The fraction of sp³-hybridized carbons (Fsp3) is 0.231. The van der Waals surface area contributed by atoms with Gasteiger partial charge < -0.3 is 4.74 Å². The van der Waals surface area contributed by atoms with Crippen LogP contribution >= 0.6 is 11.6 Å². The second-order valence-electron chi connectivity index (χ2n) is 3.78. The monoisotopic (exact) mass is 266 g/mol. The molecule has 3 nitrogen and oxygen atoms in total. The van der Waals surface area contributed by atoms with Gasteiger partial charge in [0.2, 0.25) is 0 Å². The fourth-order valence-electron chi connectivity index (χ4n) is 1.51. The Morgan fingerprint density at radius 3 is 2.78 bits per heavy atom. The Kier molecular flexibility index (Phi) is 4.10. The van der Waals surface area contributed by atoms with Crippen LogP contribution in [0.15, 0.2) is 30.3 Å². The van der Waals surface area contributed by atoms with Gasteiger partial charge in [-0.05, 0) is 25.1 Å². The fourth-order valence-corrected chi connectivity index (χ4v) is 1.77. The molecule has 1 heterocycles. The van der Waals surface area contributed by atoms with Crippen molar-refractivity contribution in [2.45, 2.75) is 13.3 Å². The Hall–Kier alpha value is -1.68. The minimum atomic E-state index is -0.374.